The third-order valence-electron chi connectivity index (χ3n) is 3.05. The molecule has 0 unspecified atom stereocenters. The SMILES string of the molecule is Cc1ccc(NC(=O)C(=O)Nc2ccc(Br)c(C)c2)cc1Cl. The highest BCUT2D eigenvalue weighted by atomic mass is 79.9. The van der Waals surface area contributed by atoms with E-state index >= 15 is 0 Å². The largest absolute Gasteiger partial charge is 0.318 e. The first-order chi connectivity index (χ1) is 10.4. The molecule has 0 aliphatic rings. The summed E-state index contributed by atoms with van der Waals surface area (Å²) in [6, 6.07) is 10.4. The first-order valence-electron chi connectivity index (χ1n) is 6.51. The molecule has 0 fully saturated rings. The van der Waals surface area contributed by atoms with Crippen LogP contribution in [-0.4, -0.2) is 11.8 Å². The minimum atomic E-state index is -0.750. The molecule has 2 N–H and O–H groups in total. The summed E-state index contributed by atoms with van der Waals surface area (Å²) in [6.45, 7) is 3.75. The van der Waals surface area contributed by atoms with Crippen LogP contribution in [0.25, 0.3) is 0 Å². The Morgan fingerprint density at radius 3 is 2.00 bits per heavy atom. The number of aryl methyl sites for hydroxylation is 2. The number of benzene rings is 2. The number of anilines is 2. The van der Waals surface area contributed by atoms with Gasteiger partial charge in [-0.2, -0.15) is 0 Å². The van der Waals surface area contributed by atoms with Crippen LogP contribution in [0.4, 0.5) is 11.4 Å². The predicted molar refractivity (Wildman–Crippen MR) is 92.3 cm³/mol. The number of halogens is 2. The van der Waals surface area contributed by atoms with Crippen molar-refractivity contribution in [2.24, 2.45) is 0 Å². The maximum atomic E-state index is 11.9. The summed E-state index contributed by atoms with van der Waals surface area (Å²) in [5, 5.41) is 5.59. The molecule has 0 saturated carbocycles. The van der Waals surface area contributed by atoms with Gasteiger partial charge in [-0.15, -0.1) is 0 Å². The van der Waals surface area contributed by atoms with Crippen molar-refractivity contribution in [2.45, 2.75) is 13.8 Å². The molecule has 22 heavy (non-hydrogen) atoms. The molecule has 0 bridgehead atoms. The van der Waals surface area contributed by atoms with Crippen molar-refractivity contribution in [1.29, 1.82) is 0 Å². The number of amides is 2. The lowest BCUT2D eigenvalue weighted by atomic mass is 10.2. The fraction of sp³-hybridized carbons (Fsp3) is 0.125. The average molecular weight is 382 g/mol. The van der Waals surface area contributed by atoms with Gasteiger partial charge in [-0.3, -0.25) is 9.59 Å². The molecular formula is C16H14BrClN2O2. The minimum Gasteiger partial charge on any atom is -0.318 e. The van der Waals surface area contributed by atoms with E-state index in [0.29, 0.717) is 16.4 Å². The van der Waals surface area contributed by atoms with Gasteiger partial charge in [0.2, 0.25) is 0 Å². The van der Waals surface area contributed by atoms with E-state index in [9.17, 15) is 9.59 Å². The van der Waals surface area contributed by atoms with Crippen LogP contribution < -0.4 is 10.6 Å². The van der Waals surface area contributed by atoms with Crippen LogP contribution in [0.5, 0.6) is 0 Å². The molecule has 2 rings (SSSR count). The molecule has 0 atom stereocenters. The van der Waals surface area contributed by atoms with Crippen LogP contribution in [0.3, 0.4) is 0 Å². The lowest BCUT2D eigenvalue weighted by Gasteiger charge is -2.08. The Hall–Kier alpha value is -1.85. The molecule has 0 spiro atoms. The maximum Gasteiger partial charge on any atom is 0.314 e. The highest BCUT2D eigenvalue weighted by Crippen LogP contribution is 2.21. The predicted octanol–water partition coefficient (Wildman–Crippen LogP) is 4.30. The second-order valence-corrected chi connectivity index (χ2v) is 6.10. The Balaban J connectivity index is 2.04. The van der Waals surface area contributed by atoms with Crippen molar-refractivity contribution in [3.05, 3.63) is 57.0 Å². The quantitative estimate of drug-likeness (QED) is 0.762. The van der Waals surface area contributed by atoms with Crippen molar-refractivity contribution in [3.63, 3.8) is 0 Å². The fourth-order valence-corrected chi connectivity index (χ4v) is 2.20. The summed E-state index contributed by atoms with van der Waals surface area (Å²) in [5.74, 6) is -1.49. The third-order valence-corrected chi connectivity index (χ3v) is 4.35. The van der Waals surface area contributed by atoms with Gasteiger partial charge in [-0.1, -0.05) is 33.6 Å². The fourth-order valence-electron chi connectivity index (χ4n) is 1.77. The minimum absolute atomic E-state index is 0.475. The van der Waals surface area contributed by atoms with E-state index in [1.807, 2.05) is 19.9 Å². The van der Waals surface area contributed by atoms with E-state index in [4.69, 9.17) is 11.6 Å². The number of carbonyl (C=O) groups is 2. The van der Waals surface area contributed by atoms with Crippen molar-refractivity contribution in [3.8, 4) is 0 Å². The first-order valence-corrected chi connectivity index (χ1v) is 7.68. The molecule has 114 valence electrons. The normalized spacial score (nSPS) is 10.2. The van der Waals surface area contributed by atoms with Gasteiger partial charge >= 0.3 is 11.8 Å². The van der Waals surface area contributed by atoms with E-state index in [1.165, 1.54) is 0 Å². The Bertz CT molecular complexity index is 683. The zero-order valence-electron chi connectivity index (χ0n) is 12.0. The Morgan fingerprint density at radius 2 is 1.45 bits per heavy atom. The second-order valence-electron chi connectivity index (χ2n) is 4.84. The lowest BCUT2D eigenvalue weighted by molar-refractivity contribution is -0.132. The number of nitrogens with one attached hydrogen (secondary N) is 2. The Morgan fingerprint density at radius 1 is 0.909 bits per heavy atom. The maximum absolute atomic E-state index is 11.9. The van der Waals surface area contributed by atoms with Gasteiger partial charge in [0.25, 0.3) is 0 Å². The summed E-state index contributed by atoms with van der Waals surface area (Å²) >= 11 is 9.36. The molecule has 0 saturated heterocycles. The number of rotatable bonds is 2. The van der Waals surface area contributed by atoms with Crippen molar-refractivity contribution in [2.75, 3.05) is 10.6 Å². The van der Waals surface area contributed by atoms with Gasteiger partial charge in [0.05, 0.1) is 0 Å². The third kappa shape index (κ3) is 4.08. The smallest absolute Gasteiger partial charge is 0.314 e. The highest BCUT2D eigenvalue weighted by Gasteiger charge is 2.14. The molecule has 0 heterocycles. The molecule has 2 amide bonds. The number of hydrogen-bond donors (Lipinski definition) is 2. The molecule has 0 radical (unpaired) electrons. The van der Waals surface area contributed by atoms with Crippen molar-refractivity contribution < 1.29 is 9.59 Å². The highest BCUT2D eigenvalue weighted by molar-refractivity contribution is 9.10. The van der Waals surface area contributed by atoms with E-state index < -0.39 is 11.8 Å². The van der Waals surface area contributed by atoms with Crippen LogP contribution in [0.1, 0.15) is 11.1 Å². The molecule has 2 aromatic rings. The zero-order chi connectivity index (χ0) is 16.3. The van der Waals surface area contributed by atoms with E-state index in [1.54, 1.807) is 30.3 Å². The summed E-state index contributed by atoms with van der Waals surface area (Å²) in [6.07, 6.45) is 0. The van der Waals surface area contributed by atoms with Gasteiger partial charge in [-0.25, -0.2) is 0 Å². The first kappa shape index (κ1) is 16.5. The summed E-state index contributed by atoms with van der Waals surface area (Å²) in [7, 11) is 0. The number of hydrogen-bond acceptors (Lipinski definition) is 2. The Kier molecular flexibility index (Phi) is 5.21. The molecule has 6 heteroatoms. The molecule has 2 aromatic carbocycles. The van der Waals surface area contributed by atoms with E-state index in [-0.39, 0.29) is 0 Å². The lowest BCUT2D eigenvalue weighted by Crippen LogP contribution is -2.29. The molecular weight excluding hydrogens is 368 g/mol. The van der Waals surface area contributed by atoms with Crippen LogP contribution >= 0.6 is 27.5 Å². The van der Waals surface area contributed by atoms with Crippen molar-refractivity contribution in [1.82, 2.24) is 0 Å². The van der Waals surface area contributed by atoms with Gasteiger partial charge in [0.15, 0.2) is 0 Å². The van der Waals surface area contributed by atoms with Crippen LogP contribution in [-0.2, 0) is 9.59 Å². The molecule has 0 aliphatic carbocycles. The van der Waals surface area contributed by atoms with Crippen LogP contribution in [0.15, 0.2) is 40.9 Å². The number of carbonyl (C=O) groups excluding carboxylic acids is 2. The summed E-state index contributed by atoms with van der Waals surface area (Å²) in [4.78, 5) is 23.8. The molecule has 4 nitrogen and oxygen atoms in total. The topological polar surface area (TPSA) is 58.2 Å². The van der Waals surface area contributed by atoms with Gasteiger partial charge in [0.1, 0.15) is 0 Å². The van der Waals surface area contributed by atoms with E-state index in [0.717, 1.165) is 15.6 Å². The van der Waals surface area contributed by atoms with Gasteiger partial charge in [-0.05, 0) is 55.3 Å². The van der Waals surface area contributed by atoms with Gasteiger partial charge < -0.3 is 10.6 Å². The summed E-state index contributed by atoms with van der Waals surface area (Å²) < 4.78 is 0.934. The van der Waals surface area contributed by atoms with E-state index in [2.05, 4.69) is 26.6 Å². The summed E-state index contributed by atoms with van der Waals surface area (Å²) in [5.41, 5.74) is 2.89. The standard InChI is InChI=1S/C16H14BrClN2O2/c1-9-3-4-12(8-14(9)18)20-16(22)15(21)19-11-5-6-13(17)10(2)7-11/h3-8H,1-2H3,(H,19,21)(H,20,22). The second kappa shape index (κ2) is 6.94. The molecule has 0 aliphatic heterocycles. The average Bonchev–Trinajstić information content (AvgIpc) is 2.46. The molecule has 0 aromatic heterocycles. The van der Waals surface area contributed by atoms with Crippen LogP contribution in [0, 0.1) is 13.8 Å². The Labute approximate surface area is 142 Å². The monoisotopic (exact) mass is 380 g/mol. The van der Waals surface area contributed by atoms with Crippen LogP contribution in [0.2, 0.25) is 5.02 Å². The van der Waals surface area contributed by atoms with Gasteiger partial charge in [0, 0.05) is 20.9 Å². The van der Waals surface area contributed by atoms with Crippen molar-refractivity contribution >= 4 is 50.7 Å². The zero-order valence-corrected chi connectivity index (χ0v) is 14.4.